The molecule has 0 saturated carbocycles. The molecule has 0 unspecified atom stereocenters. The number of hydrogen-bond acceptors (Lipinski definition) is 6. The van der Waals surface area contributed by atoms with Gasteiger partial charge in [-0.3, -0.25) is 0 Å². The Labute approximate surface area is 157 Å². The molecule has 1 fully saturated rings. The second-order valence-electron chi connectivity index (χ2n) is 7.49. The van der Waals surface area contributed by atoms with E-state index < -0.39 is 31.0 Å². The van der Waals surface area contributed by atoms with Gasteiger partial charge in [0.1, 0.15) is 5.75 Å². The number of hydrogen-bond donors (Lipinski definition) is 1. The van der Waals surface area contributed by atoms with Crippen molar-refractivity contribution in [2.45, 2.75) is 50.3 Å². The molecule has 2 rings (SSSR count). The third kappa shape index (κ3) is 4.58. The van der Waals surface area contributed by atoms with Crippen molar-refractivity contribution in [2.75, 3.05) is 25.2 Å². The second-order valence-corrected chi connectivity index (χ2v) is 11.8. The molecule has 1 aromatic carbocycles. The average Bonchev–Trinajstić information content (AvgIpc) is 2.84. The van der Waals surface area contributed by atoms with E-state index in [1.807, 2.05) is 0 Å². The van der Waals surface area contributed by atoms with Crippen molar-refractivity contribution in [3.63, 3.8) is 0 Å². The van der Waals surface area contributed by atoms with E-state index in [4.69, 9.17) is 4.74 Å². The largest absolute Gasteiger partial charge is 0.496 e. The topological polar surface area (TPSA) is 89.5 Å². The quantitative estimate of drug-likeness (QED) is 0.748. The molecule has 8 heteroatoms. The van der Waals surface area contributed by atoms with E-state index >= 15 is 0 Å². The van der Waals surface area contributed by atoms with Crippen LogP contribution in [0.2, 0.25) is 0 Å². The third-order valence-corrected chi connectivity index (χ3v) is 9.12. The number of nitrogens with one attached hydrogen (secondary N) is 1. The fraction of sp³-hybridized carbons (Fsp3) is 0.667. The van der Waals surface area contributed by atoms with Crippen LogP contribution in [0.4, 0.5) is 0 Å². The molecule has 1 N–H and O–H groups in total. The molecular formula is C18H29NO5S2. The van der Waals surface area contributed by atoms with E-state index in [-0.39, 0.29) is 16.4 Å². The van der Waals surface area contributed by atoms with Gasteiger partial charge in [-0.1, -0.05) is 13.8 Å². The minimum atomic E-state index is -3.78. The van der Waals surface area contributed by atoms with Crippen LogP contribution in [-0.2, 0) is 19.7 Å². The van der Waals surface area contributed by atoms with E-state index in [2.05, 4.69) is 19.2 Å². The second kappa shape index (κ2) is 7.86. The normalized spacial score (nSPS) is 22.7. The Morgan fingerprint density at radius 3 is 2.42 bits per heavy atom. The highest BCUT2D eigenvalue weighted by Gasteiger charge is 2.46. The van der Waals surface area contributed by atoms with Gasteiger partial charge in [-0.05, 0) is 56.0 Å². The zero-order valence-electron chi connectivity index (χ0n) is 16.1. The summed E-state index contributed by atoms with van der Waals surface area (Å²) >= 11 is 0. The van der Waals surface area contributed by atoms with Crippen molar-refractivity contribution < 1.29 is 21.6 Å². The van der Waals surface area contributed by atoms with Gasteiger partial charge in [-0.2, -0.15) is 0 Å². The molecule has 1 aliphatic rings. The van der Waals surface area contributed by atoms with Crippen molar-refractivity contribution >= 4 is 19.7 Å². The summed E-state index contributed by atoms with van der Waals surface area (Å²) in [6, 6.07) is 2.69. The van der Waals surface area contributed by atoms with Gasteiger partial charge in [-0.15, -0.1) is 0 Å². The smallest absolute Gasteiger partial charge is 0.184 e. The Morgan fingerprint density at radius 2 is 1.85 bits per heavy atom. The van der Waals surface area contributed by atoms with Crippen molar-refractivity contribution in [3.05, 3.63) is 23.3 Å². The number of rotatable bonds is 7. The SMILES string of the molecule is COc1cc(C)c(S(=O)(=O)[C@H]2CS(=O)(=O)C[C@@H]2NCCC(C)C)cc1C. The van der Waals surface area contributed by atoms with Crippen LogP contribution in [0.3, 0.4) is 0 Å². The maximum Gasteiger partial charge on any atom is 0.184 e. The van der Waals surface area contributed by atoms with Crippen molar-refractivity contribution in [1.29, 1.82) is 0 Å². The van der Waals surface area contributed by atoms with Crippen molar-refractivity contribution in [3.8, 4) is 5.75 Å². The molecule has 1 saturated heterocycles. The number of benzene rings is 1. The molecule has 6 nitrogen and oxygen atoms in total. The molecule has 0 aliphatic carbocycles. The number of sulfone groups is 2. The Balaban J connectivity index is 2.37. The minimum absolute atomic E-state index is 0.136. The molecule has 2 atom stereocenters. The third-order valence-electron chi connectivity index (χ3n) is 4.83. The Bertz CT molecular complexity index is 860. The summed E-state index contributed by atoms with van der Waals surface area (Å²) in [5.41, 5.74) is 1.28. The summed E-state index contributed by atoms with van der Waals surface area (Å²) in [5, 5.41) is 2.20. The van der Waals surface area contributed by atoms with E-state index in [9.17, 15) is 16.8 Å². The van der Waals surface area contributed by atoms with Gasteiger partial charge in [-0.25, -0.2) is 16.8 Å². The summed E-state index contributed by atoms with van der Waals surface area (Å²) in [6.45, 7) is 8.24. The summed E-state index contributed by atoms with van der Waals surface area (Å²) in [4.78, 5) is 0.188. The lowest BCUT2D eigenvalue weighted by Crippen LogP contribution is -2.44. The zero-order chi connectivity index (χ0) is 19.7. The van der Waals surface area contributed by atoms with Crippen LogP contribution in [0, 0.1) is 19.8 Å². The van der Waals surface area contributed by atoms with Crippen LogP contribution < -0.4 is 10.1 Å². The maximum absolute atomic E-state index is 13.3. The predicted molar refractivity (Wildman–Crippen MR) is 103 cm³/mol. The van der Waals surface area contributed by atoms with Gasteiger partial charge in [0.15, 0.2) is 19.7 Å². The monoisotopic (exact) mass is 403 g/mol. The Morgan fingerprint density at radius 1 is 1.19 bits per heavy atom. The fourth-order valence-electron chi connectivity index (χ4n) is 3.32. The van der Waals surface area contributed by atoms with Gasteiger partial charge in [0, 0.05) is 6.04 Å². The number of aryl methyl sites for hydroxylation is 2. The molecule has 0 amide bonds. The molecular weight excluding hydrogens is 374 g/mol. The summed E-state index contributed by atoms with van der Waals surface area (Å²) in [5.74, 6) is 0.608. The number of ether oxygens (including phenoxy) is 1. The predicted octanol–water partition coefficient (Wildman–Crippen LogP) is 1.89. The highest BCUT2D eigenvalue weighted by atomic mass is 32.2. The van der Waals surface area contributed by atoms with Crippen LogP contribution in [0.5, 0.6) is 5.75 Å². The molecule has 0 bridgehead atoms. The molecule has 1 aromatic rings. The molecule has 0 spiro atoms. The molecule has 0 aromatic heterocycles. The summed E-state index contributed by atoms with van der Waals surface area (Å²) < 4.78 is 56.1. The highest BCUT2D eigenvalue weighted by Crippen LogP contribution is 2.31. The van der Waals surface area contributed by atoms with Gasteiger partial charge < -0.3 is 10.1 Å². The minimum Gasteiger partial charge on any atom is -0.496 e. The standard InChI is InChI=1S/C18H29NO5S2/c1-12(2)6-7-19-15-10-25(20,21)11-18(15)26(22,23)17-9-13(3)16(24-5)8-14(17)4/h8-9,12,15,18-19H,6-7,10-11H2,1-5H3/t15-,18-/m0/s1. The van der Waals surface area contributed by atoms with E-state index in [0.717, 1.165) is 6.42 Å². The van der Waals surface area contributed by atoms with Gasteiger partial charge in [0.05, 0.1) is 28.8 Å². The van der Waals surface area contributed by atoms with Crippen LogP contribution in [-0.4, -0.2) is 53.3 Å². The van der Waals surface area contributed by atoms with Crippen LogP contribution >= 0.6 is 0 Å². The van der Waals surface area contributed by atoms with Crippen LogP contribution in [0.1, 0.15) is 31.4 Å². The van der Waals surface area contributed by atoms with Crippen molar-refractivity contribution in [1.82, 2.24) is 5.32 Å². The lowest BCUT2D eigenvalue weighted by atomic mass is 10.1. The molecule has 1 aliphatic heterocycles. The Hall–Kier alpha value is -1.12. The first-order valence-corrected chi connectivity index (χ1v) is 12.2. The Kier molecular flexibility index (Phi) is 6.40. The summed E-state index contributed by atoms with van der Waals surface area (Å²) in [6.07, 6.45) is 0.865. The lowest BCUT2D eigenvalue weighted by Gasteiger charge is -2.22. The first-order chi connectivity index (χ1) is 12.0. The first-order valence-electron chi connectivity index (χ1n) is 8.81. The fourth-order valence-corrected chi connectivity index (χ4v) is 8.35. The van der Waals surface area contributed by atoms with Crippen molar-refractivity contribution in [2.24, 2.45) is 5.92 Å². The first kappa shape index (κ1) is 21.2. The number of methoxy groups -OCH3 is 1. The maximum atomic E-state index is 13.3. The van der Waals surface area contributed by atoms with Crippen LogP contribution in [0.15, 0.2) is 17.0 Å². The van der Waals surface area contributed by atoms with E-state index in [1.54, 1.807) is 26.0 Å². The molecule has 0 radical (unpaired) electrons. The van der Waals surface area contributed by atoms with Gasteiger partial charge in [0.2, 0.25) is 0 Å². The van der Waals surface area contributed by atoms with E-state index in [1.165, 1.54) is 7.11 Å². The van der Waals surface area contributed by atoms with Gasteiger partial charge >= 0.3 is 0 Å². The van der Waals surface area contributed by atoms with Gasteiger partial charge in [0.25, 0.3) is 0 Å². The molecule has 26 heavy (non-hydrogen) atoms. The lowest BCUT2D eigenvalue weighted by molar-refractivity contribution is 0.411. The highest BCUT2D eigenvalue weighted by molar-refractivity contribution is 7.96. The summed E-state index contributed by atoms with van der Waals surface area (Å²) in [7, 11) is -5.64. The molecule has 1 heterocycles. The zero-order valence-corrected chi connectivity index (χ0v) is 17.7. The van der Waals surface area contributed by atoms with E-state index in [0.29, 0.717) is 29.3 Å². The average molecular weight is 404 g/mol. The molecule has 148 valence electrons. The van der Waals surface area contributed by atoms with Crippen LogP contribution in [0.25, 0.3) is 0 Å².